The highest BCUT2D eigenvalue weighted by Gasteiger charge is 2.39. The number of hydrogen-bond donors (Lipinski definition) is 2. The van der Waals surface area contributed by atoms with Gasteiger partial charge in [-0.05, 0) is 38.6 Å². The summed E-state index contributed by atoms with van der Waals surface area (Å²) in [6.07, 6.45) is 5.78. The van der Waals surface area contributed by atoms with E-state index in [0.717, 1.165) is 32.4 Å². The zero-order valence-electron chi connectivity index (χ0n) is 10.7. The molecule has 0 aromatic heterocycles. The van der Waals surface area contributed by atoms with Crippen LogP contribution in [0.1, 0.15) is 38.5 Å². The first-order valence-corrected chi connectivity index (χ1v) is 7.07. The van der Waals surface area contributed by atoms with Crippen LogP contribution < -0.4 is 10.6 Å². The summed E-state index contributed by atoms with van der Waals surface area (Å²) in [5.74, 6) is 0.153. The van der Waals surface area contributed by atoms with Crippen LogP contribution in [-0.4, -0.2) is 47.9 Å². The number of amides is 2. The Morgan fingerprint density at radius 3 is 2.67 bits per heavy atom. The van der Waals surface area contributed by atoms with Gasteiger partial charge in [0.2, 0.25) is 11.8 Å². The van der Waals surface area contributed by atoms with E-state index in [9.17, 15) is 9.59 Å². The monoisotopic (exact) mass is 251 g/mol. The topological polar surface area (TPSA) is 61.4 Å². The Morgan fingerprint density at radius 2 is 2.11 bits per heavy atom. The maximum absolute atomic E-state index is 12.4. The molecule has 2 heterocycles. The lowest BCUT2D eigenvalue weighted by molar-refractivity contribution is -0.135. The minimum absolute atomic E-state index is 0.0167. The Hall–Kier alpha value is -1.10. The number of carbonyl (C=O) groups is 2. The zero-order chi connectivity index (χ0) is 12.5. The summed E-state index contributed by atoms with van der Waals surface area (Å²) in [5, 5.41) is 6.23. The van der Waals surface area contributed by atoms with Crippen molar-refractivity contribution >= 4 is 11.8 Å². The lowest BCUT2D eigenvalue weighted by atomic mass is 10.1. The predicted molar refractivity (Wildman–Crippen MR) is 66.9 cm³/mol. The van der Waals surface area contributed by atoms with Crippen LogP contribution in [0.15, 0.2) is 0 Å². The Bertz CT molecular complexity index is 348. The highest BCUT2D eigenvalue weighted by molar-refractivity contribution is 5.91. The highest BCUT2D eigenvalue weighted by atomic mass is 16.2. The summed E-state index contributed by atoms with van der Waals surface area (Å²) in [6, 6.07) is 0.614. The molecule has 2 unspecified atom stereocenters. The van der Waals surface area contributed by atoms with E-state index < -0.39 is 0 Å². The Kier molecular flexibility index (Phi) is 3.24. The fraction of sp³-hybridized carbons (Fsp3) is 0.846. The Morgan fingerprint density at radius 1 is 1.28 bits per heavy atom. The van der Waals surface area contributed by atoms with Gasteiger partial charge in [-0.15, -0.1) is 0 Å². The molecule has 0 aromatic rings. The third-order valence-electron chi connectivity index (χ3n) is 4.14. The molecule has 2 aliphatic heterocycles. The molecule has 1 aliphatic carbocycles. The third kappa shape index (κ3) is 2.51. The van der Waals surface area contributed by atoms with Gasteiger partial charge >= 0.3 is 0 Å². The van der Waals surface area contributed by atoms with Gasteiger partial charge in [-0.1, -0.05) is 0 Å². The fourth-order valence-corrected chi connectivity index (χ4v) is 2.95. The highest BCUT2D eigenvalue weighted by Crippen LogP contribution is 2.29. The molecule has 2 amide bonds. The summed E-state index contributed by atoms with van der Waals surface area (Å²) in [4.78, 5) is 25.7. The van der Waals surface area contributed by atoms with Gasteiger partial charge in [0.1, 0.15) is 6.04 Å². The van der Waals surface area contributed by atoms with Gasteiger partial charge in [-0.25, -0.2) is 0 Å². The second-order valence-electron chi connectivity index (χ2n) is 5.67. The molecule has 3 rings (SSSR count). The molecule has 0 aromatic carbocycles. The quantitative estimate of drug-likeness (QED) is 0.740. The second-order valence-corrected chi connectivity index (χ2v) is 5.67. The van der Waals surface area contributed by atoms with Crippen LogP contribution >= 0.6 is 0 Å². The van der Waals surface area contributed by atoms with Crippen LogP contribution in [0.3, 0.4) is 0 Å². The second kappa shape index (κ2) is 4.88. The van der Waals surface area contributed by atoms with Crippen molar-refractivity contribution in [3.63, 3.8) is 0 Å². The van der Waals surface area contributed by atoms with E-state index in [-0.39, 0.29) is 17.9 Å². The average Bonchev–Trinajstić information content (AvgIpc) is 2.88. The lowest BCUT2D eigenvalue weighted by Crippen LogP contribution is -2.49. The first-order valence-electron chi connectivity index (χ1n) is 7.07. The molecule has 3 fully saturated rings. The zero-order valence-corrected chi connectivity index (χ0v) is 10.7. The van der Waals surface area contributed by atoms with E-state index in [1.807, 2.05) is 4.90 Å². The first kappa shape index (κ1) is 12.0. The van der Waals surface area contributed by atoms with Crippen molar-refractivity contribution in [1.29, 1.82) is 0 Å². The van der Waals surface area contributed by atoms with E-state index in [1.54, 1.807) is 0 Å². The van der Waals surface area contributed by atoms with Gasteiger partial charge in [0.05, 0.1) is 0 Å². The van der Waals surface area contributed by atoms with Gasteiger partial charge in [-0.3, -0.25) is 9.59 Å². The van der Waals surface area contributed by atoms with E-state index in [4.69, 9.17) is 0 Å². The Balaban J connectivity index is 1.61. The molecule has 1 saturated carbocycles. The van der Waals surface area contributed by atoms with Crippen molar-refractivity contribution in [3.05, 3.63) is 0 Å². The summed E-state index contributed by atoms with van der Waals surface area (Å²) in [6.45, 7) is 1.88. The van der Waals surface area contributed by atoms with Crippen LogP contribution in [0, 0.1) is 0 Å². The lowest BCUT2D eigenvalue weighted by Gasteiger charge is -2.28. The predicted octanol–water partition coefficient (Wildman–Crippen LogP) is 0.00800. The molecular formula is C13H21N3O2. The molecule has 5 nitrogen and oxygen atoms in total. The standard InChI is InChI=1S/C13H21N3O2/c17-12-6-5-11(15-12)13(18)16(10-3-4-10)8-9-2-1-7-14-9/h9-11,14H,1-8H2,(H,15,17). The molecule has 3 aliphatic rings. The van der Waals surface area contributed by atoms with E-state index in [1.165, 1.54) is 6.42 Å². The molecule has 5 heteroatoms. The van der Waals surface area contributed by atoms with Crippen LogP contribution in [0.5, 0.6) is 0 Å². The van der Waals surface area contributed by atoms with Gasteiger partial charge < -0.3 is 15.5 Å². The van der Waals surface area contributed by atoms with Crippen molar-refractivity contribution < 1.29 is 9.59 Å². The summed E-state index contributed by atoms with van der Waals surface area (Å²) in [7, 11) is 0. The van der Waals surface area contributed by atoms with E-state index >= 15 is 0 Å². The van der Waals surface area contributed by atoms with Crippen LogP contribution in [0.4, 0.5) is 0 Å². The number of nitrogens with zero attached hydrogens (tertiary/aromatic N) is 1. The molecule has 0 radical (unpaired) electrons. The van der Waals surface area contributed by atoms with E-state index in [0.29, 0.717) is 24.9 Å². The maximum atomic E-state index is 12.4. The van der Waals surface area contributed by atoms with Gasteiger partial charge in [-0.2, -0.15) is 0 Å². The van der Waals surface area contributed by atoms with Gasteiger partial charge in [0.15, 0.2) is 0 Å². The fourth-order valence-electron chi connectivity index (χ4n) is 2.95. The number of nitrogens with one attached hydrogen (secondary N) is 2. The van der Waals surface area contributed by atoms with Crippen molar-refractivity contribution in [2.45, 2.75) is 56.7 Å². The minimum atomic E-state index is -0.264. The van der Waals surface area contributed by atoms with Crippen LogP contribution in [0.25, 0.3) is 0 Å². The summed E-state index contributed by atoms with van der Waals surface area (Å²) in [5.41, 5.74) is 0. The molecule has 2 saturated heterocycles. The average molecular weight is 251 g/mol. The molecule has 2 atom stereocenters. The first-order chi connectivity index (χ1) is 8.74. The SMILES string of the molecule is O=C1CCC(C(=O)N(CC2CCCN2)C2CC2)N1. The largest absolute Gasteiger partial charge is 0.344 e. The van der Waals surface area contributed by atoms with Crippen LogP contribution in [0.2, 0.25) is 0 Å². The van der Waals surface area contributed by atoms with Crippen molar-refractivity contribution in [2.24, 2.45) is 0 Å². The molecule has 0 spiro atoms. The summed E-state index contributed by atoms with van der Waals surface area (Å²) < 4.78 is 0. The van der Waals surface area contributed by atoms with Crippen molar-refractivity contribution in [3.8, 4) is 0 Å². The van der Waals surface area contributed by atoms with Crippen LogP contribution in [-0.2, 0) is 9.59 Å². The Labute approximate surface area is 107 Å². The smallest absolute Gasteiger partial charge is 0.245 e. The number of carbonyl (C=O) groups excluding carboxylic acids is 2. The van der Waals surface area contributed by atoms with Gasteiger partial charge in [0.25, 0.3) is 0 Å². The van der Waals surface area contributed by atoms with Gasteiger partial charge in [0, 0.05) is 25.0 Å². The number of hydrogen-bond acceptors (Lipinski definition) is 3. The minimum Gasteiger partial charge on any atom is -0.344 e. The molecule has 100 valence electrons. The molecular weight excluding hydrogens is 230 g/mol. The molecule has 0 bridgehead atoms. The van der Waals surface area contributed by atoms with E-state index in [2.05, 4.69) is 10.6 Å². The van der Waals surface area contributed by atoms with Crippen molar-refractivity contribution in [2.75, 3.05) is 13.1 Å². The normalized spacial score (nSPS) is 31.4. The maximum Gasteiger partial charge on any atom is 0.245 e. The third-order valence-corrected chi connectivity index (χ3v) is 4.14. The number of rotatable bonds is 4. The molecule has 18 heavy (non-hydrogen) atoms. The summed E-state index contributed by atoms with van der Waals surface area (Å²) >= 11 is 0. The molecule has 2 N–H and O–H groups in total. The van der Waals surface area contributed by atoms with Crippen molar-refractivity contribution in [1.82, 2.24) is 15.5 Å².